The van der Waals surface area contributed by atoms with Crippen LogP contribution in [0, 0.1) is 5.82 Å². The molecule has 1 aromatic carbocycles. The summed E-state index contributed by atoms with van der Waals surface area (Å²) in [4.78, 5) is 49.7. The highest BCUT2D eigenvalue weighted by atomic mass is 19.4. The number of piperidine rings is 1. The molecule has 0 bridgehead atoms. The molecule has 0 atom stereocenters. The fourth-order valence-corrected chi connectivity index (χ4v) is 4.92. The van der Waals surface area contributed by atoms with Gasteiger partial charge in [0.15, 0.2) is 0 Å². The molecule has 5 rings (SSSR count). The Bertz CT molecular complexity index is 1690. The van der Waals surface area contributed by atoms with Crippen LogP contribution in [0.2, 0.25) is 0 Å². The Morgan fingerprint density at radius 1 is 0.684 bits per heavy atom. The van der Waals surface area contributed by atoms with E-state index in [1.807, 2.05) is 30.7 Å². The minimum Gasteiger partial charge on any atom is -0.475 e. The average Bonchev–Trinajstić information content (AvgIpc) is 3.53. The summed E-state index contributed by atoms with van der Waals surface area (Å²) in [6, 6.07) is 11.0. The lowest BCUT2D eigenvalue weighted by molar-refractivity contribution is -0.193. The molecule has 0 radical (unpaired) electrons. The van der Waals surface area contributed by atoms with Gasteiger partial charge in [0.2, 0.25) is 0 Å². The third-order valence-corrected chi connectivity index (χ3v) is 7.56. The van der Waals surface area contributed by atoms with Crippen LogP contribution in [0.3, 0.4) is 0 Å². The van der Waals surface area contributed by atoms with Crippen LogP contribution in [0.5, 0.6) is 0 Å². The number of benzene rings is 1. The van der Waals surface area contributed by atoms with Crippen LogP contribution in [-0.2, 0) is 37.8 Å². The molecule has 0 aliphatic carbocycles. The highest BCUT2D eigenvalue weighted by molar-refractivity contribution is 5.74. The molecule has 1 fully saturated rings. The molecule has 4 N–H and O–H groups in total. The zero-order chi connectivity index (χ0) is 44.2. The second kappa shape index (κ2) is 20.1. The maximum Gasteiger partial charge on any atom is 0.490 e. The van der Waals surface area contributed by atoms with E-state index >= 15 is 0 Å². The van der Waals surface area contributed by atoms with Crippen molar-refractivity contribution in [3.8, 4) is 11.3 Å². The molecule has 0 amide bonds. The van der Waals surface area contributed by atoms with Gasteiger partial charge in [0.05, 0.1) is 17.4 Å². The quantitative estimate of drug-likeness (QED) is 0.224. The van der Waals surface area contributed by atoms with Gasteiger partial charge in [-0.1, -0.05) is 18.2 Å². The molecule has 13 nitrogen and oxygen atoms in total. The number of aromatic nitrogens is 3. The SMILES string of the molecule is CN1CCn2c(-c3cccc(F)c3)cnc2C12CCN(Cc1cccnc1)CC2.O=C(O)C(F)(F)F.O=C(O)C(F)(F)F.O=C(O)C(F)(F)F.O=C(O)C(F)(F)F. The number of halogens is 13. The number of carboxylic acids is 4. The topological polar surface area (TPSA) is 186 Å². The summed E-state index contributed by atoms with van der Waals surface area (Å²) in [5.41, 5.74) is 3.13. The Balaban J connectivity index is 0.000000473. The van der Waals surface area contributed by atoms with Gasteiger partial charge in [0.25, 0.3) is 0 Å². The summed E-state index contributed by atoms with van der Waals surface area (Å²) in [6.45, 7) is 4.87. The van der Waals surface area contributed by atoms with E-state index in [0.29, 0.717) is 0 Å². The van der Waals surface area contributed by atoms with Crippen LogP contribution < -0.4 is 0 Å². The van der Waals surface area contributed by atoms with Gasteiger partial charge in [-0.25, -0.2) is 28.6 Å². The van der Waals surface area contributed by atoms with Crippen molar-refractivity contribution in [2.75, 3.05) is 26.7 Å². The van der Waals surface area contributed by atoms with Crippen molar-refractivity contribution in [2.45, 2.75) is 56.2 Å². The van der Waals surface area contributed by atoms with Crippen molar-refractivity contribution in [1.29, 1.82) is 0 Å². The Morgan fingerprint density at radius 2 is 1.14 bits per heavy atom. The third kappa shape index (κ3) is 15.9. The van der Waals surface area contributed by atoms with Crippen molar-refractivity contribution < 1.29 is 96.7 Å². The number of aliphatic carboxylic acids is 4. The molecule has 3 aromatic rings. The van der Waals surface area contributed by atoms with Crippen molar-refractivity contribution in [3.05, 3.63) is 72.2 Å². The molecule has 1 spiro atoms. The summed E-state index contributed by atoms with van der Waals surface area (Å²) in [7, 11) is 2.22. The normalized spacial score (nSPS) is 15.4. The summed E-state index contributed by atoms with van der Waals surface area (Å²) in [5.74, 6) is -10.1. The number of carboxylic acid groups (broad SMARTS) is 4. The first-order valence-electron chi connectivity index (χ1n) is 15.3. The smallest absolute Gasteiger partial charge is 0.475 e. The van der Waals surface area contributed by atoms with Crippen molar-refractivity contribution in [3.63, 3.8) is 0 Å². The molecule has 2 aliphatic rings. The molecular formula is C31H30F13N5O8. The summed E-state index contributed by atoms with van der Waals surface area (Å²) in [5, 5.41) is 28.5. The van der Waals surface area contributed by atoms with Gasteiger partial charge in [0.1, 0.15) is 11.6 Å². The van der Waals surface area contributed by atoms with Crippen LogP contribution in [-0.4, -0.2) is 120 Å². The number of fused-ring (bicyclic) bond motifs is 2. The van der Waals surface area contributed by atoms with Crippen molar-refractivity contribution in [1.82, 2.24) is 24.3 Å². The molecule has 26 heteroatoms. The number of alkyl halides is 12. The number of rotatable bonds is 3. The largest absolute Gasteiger partial charge is 0.490 e. The Hall–Kier alpha value is -5.53. The van der Waals surface area contributed by atoms with Gasteiger partial charge in [-0.15, -0.1) is 0 Å². The molecule has 2 aromatic heterocycles. The predicted molar refractivity (Wildman–Crippen MR) is 165 cm³/mol. The predicted octanol–water partition coefficient (Wildman–Crippen LogP) is 6.05. The first kappa shape index (κ1) is 49.5. The van der Waals surface area contributed by atoms with E-state index in [1.54, 1.807) is 12.1 Å². The number of carbonyl (C=O) groups is 4. The lowest BCUT2D eigenvalue weighted by atomic mass is 9.83. The highest BCUT2D eigenvalue weighted by Crippen LogP contribution is 2.41. The van der Waals surface area contributed by atoms with Gasteiger partial charge in [0, 0.05) is 50.7 Å². The van der Waals surface area contributed by atoms with Crippen LogP contribution >= 0.6 is 0 Å². The van der Waals surface area contributed by atoms with E-state index in [-0.39, 0.29) is 11.4 Å². The van der Waals surface area contributed by atoms with E-state index < -0.39 is 48.6 Å². The lowest BCUT2D eigenvalue weighted by Crippen LogP contribution is -2.56. The van der Waals surface area contributed by atoms with Crippen LogP contribution in [0.25, 0.3) is 11.3 Å². The van der Waals surface area contributed by atoms with E-state index in [2.05, 4.69) is 32.5 Å². The van der Waals surface area contributed by atoms with Gasteiger partial charge in [-0.05, 0) is 43.7 Å². The average molecular weight is 848 g/mol. The summed E-state index contributed by atoms with van der Waals surface area (Å²) >= 11 is 0. The monoisotopic (exact) mass is 847 g/mol. The molecule has 0 unspecified atom stereocenters. The fourth-order valence-electron chi connectivity index (χ4n) is 4.92. The molecule has 4 heterocycles. The van der Waals surface area contributed by atoms with Crippen LogP contribution in [0.4, 0.5) is 57.1 Å². The minimum atomic E-state index is -5.08. The fraction of sp³-hybridized carbons (Fsp3) is 0.419. The Kier molecular flexibility index (Phi) is 17.4. The van der Waals surface area contributed by atoms with Gasteiger partial charge >= 0.3 is 48.6 Å². The Labute approximate surface area is 311 Å². The third-order valence-electron chi connectivity index (χ3n) is 7.56. The molecule has 2 aliphatic heterocycles. The van der Waals surface area contributed by atoms with Crippen LogP contribution in [0.1, 0.15) is 24.2 Å². The Morgan fingerprint density at radius 3 is 1.53 bits per heavy atom. The maximum absolute atomic E-state index is 13.8. The van der Waals surface area contributed by atoms with E-state index in [4.69, 9.17) is 44.6 Å². The zero-order valence-corrected chi connectivity index (χ0v) is 28.7. The van der Waals surface area contributed by atoms with Crippen molar-refractivity contribution in [2.24, 2.45) is 0 Å². The second-order valence-corrected chi connectivity index (χ2v) is 11.4. The van der Waals surface area contributed by atoms with E-state index in [0.717, 1.165) is 62.6 Å². The molecule has 57 heavy (non-hydrogen) atoms. The number of likely N-dealkylation sites (tertiary alicyclic amines) is 1. The van der Waals surface area contributed by atoms with E-state index in [1.165, 1.54) is 11.6 Å². The summed E-state index contributed by atoms with van der Waals surface area (Å²) in [6.07, 6.45) is -12.5. The first-order valence-corrected chi connectivity index (χ1v) is 15.3. The number of pyridine rings is 1. The number of hydrogen-bond acceptors (Lipinski definition) is 8. The standard InChI is InChI=1S/C23H26FN5.4C2HF3O2/c1-27-12-13-29-21(19-5-2-6-20(24)14-19)16-26-22(29)23(27)7-10-28(11-8-23)17-18-4-3-9-25-15-18;4*3-2(4,5)1(6)7/h2-6,9,14-16H,7-8,10-13,17H2,1H3;4*(H,6,7). The lowest BCUT2D eigenvalue weighted by Gasteiger charge is -2.49. The molecule has 1 saturated heterocycles. The molecule has 318 valence electrons. The first-order chi connectivity index (χ1) is 25.9. The molecule has 0 saturated carbocycles. The van der Waals surface area contributed by atoms with E-state index in [9.17, 15) is 57.1 Å². The number of likely N-dealkylation sites (N-methyl/N-ethyl adjacent to an activating group) is 1. The number of hydrogen-bond donors (Lipinski definition) is 4. The number of nitrogens with zero attached hydrogens (tertiary/aromatic N) is 5. The number of imidazole rings is 1. The summed E-state index contributed by atoms with van der Waals surface area (Å²) < 4.78 is 143. The van der Waals surface area contributed by atoms with Crippen LogP contribution in [0.15, 0.2) is 55.0 Å². The highest BCUT2D eigenvalue weighted by Gasteiger charge is 2.46. The molecular weight excluding hydrogens is 817 g/mol. The van der Waals surface area contributed by atoms with Gasteiger partial charge < -0.3 is 25.0 Å². The zero-order valence-electron chi connectivity index (χ0n) is 28.7. The minimum absolute atomic E-state index is 0.0464. The van der Waals surface area contributed by atoms with Crippen molar-refractivity contribution >= 4 is 23.9 Å². The van der Waals surface area contributed by atoms with Gasteiger partial charge in [-0.2, -0.15) is 52.7 Å². The second-order valence-electron chi connectivity index (χ2n) is 11.4. The van der Waals surface area contributed by atoms with Gasteiger partial charge in [-0.3, -0.25) is 14.8 Å². The maximum atomic E-state index is 13.8.